The number of hydrogen-bond acceptors (Lipinski definition) is 4. The van der Waals surface area contributed by atoms with E-state index in [9.17, 15) is 20.0 Å². The maximum absolute atomic E-state index is 11.4. The molecule has 0 radical (unpaired) electrons. The molecule has 8 heteroatoms. The maximum Gasteiger partial charge on any atom is 0.312 e. The average Bonchev–Trinajstić information content (AvgIpc) is 2.78. The van der Waals surface area contributed by atoms with Crippen LogP contribution in [0.25, 0.3) is 0 Å². The molecule has 1 aromatic heterocycles. The first kappa shape index (κ1) is 15.0. The van der Waals surface area contributed by atoms with Crippen LogP contribution in [0.1, 0.15) is 22.9 Å². The summed E-state index contributed by atoms with van der Waals surface area (Å²) in [6.45, 7) is 1.52. The van der Waals surface area contributed by atoms with E-state index in [1.165, 1.54) is 6.92 Å². The number of H-pyrrole nitrogens is 1. The lowest BCUT2D eigenvalue weighted by molar-refractivity contribution is -0.386. The van der Waals surface area contributed by atoms with Crippen molar-refractivity contribution in [1.29, 1.82) is 0 Å². The first-order valence-corrected chi connectivity index (χ1v) is 6.44. The number of aromatic amines is 1. The minimum Gasteiger partial charge on any atom is -0.481 e. The van der Waals surface area contributed by atoms with Crippen molar-refractivity contribution >= 4 is 23.3 Å². The van der Waals surface area contributed by atoms with Gasteiger partial charge in [-0.1, -0.05) is 23.7 Å². The molecule has 0 aliphatic rings. The number of carbonyl (C=O) groups is 1. The van der Waals surface area contributed by atoms with Gasteiger partial charge in [-0.3, -0.25) is 20.0 Å². The molecule has 0 fully saturated rings. The van der Waals surface area contributed by atoms with Crippen LogP contribution in [0.2, 0.25) is 5.02 Å². The lowest BCUT2D eigenvalue weighted by Gasteiger charge is -2.11. The van der Waals surface area contributed by atoms with Crippen LogP contribution in [-0.4, -0.2) is 26.2 Å². The van der Waals surface area contributed by atoms with Crippen molar-refractivity contribution in [3.8, 4) is 0 Å². The number of nitro groups is 1. The molecule has 0 aliphatic heterocycles. The summed E-state index contributed by atoms with van der Waals surface area (Å²) >= 11 is 5.77. The largest absolute Gasteiger partial charge is 0.481 e. The predicted octanol–water partition coefficient (Wildman–Crippen LogP) is 2.69. The van der Waals surface area contributed by atoms with E-state index in [0.717, 1.165) is 0 Å². The molecule has 2 rings (SSSR count). The highest BCUT2D eigenvalue weighted by Crippen LogP contribution is 2.28. The first-order valence-electron chi connectivity index (χ1n) is 6.06. The number of carboxylic acid groups (broad SMARTS) is 1. The Balaban J connectivity index is 2.35. The van der Waals surface area contributed by atoms with Gasteiger partial charge in [-0.2, -0.15) is 5.10 Å². The topological polar surface area (TPSA) is 109 Å². The fraction of sp³-hybridized carbons (Fsp3) is 0.231. The van der Waals surface area contributed by atoms with Gasteiger partial charge in [-0.25, -0.2) is 0 Å². The zero-order chi connectivity index (χ0) is 15.6. The van der Waals surface area contributed by atoms with Crippen molar-refractivity contribution in [3.63, 3.8) is 0 Å². The van der Waals surface area contributed by atoms with Crippen molar-refractivity contribution < 1.29 is 14.8 Å². The number of rotatable bonds is 5. The molecule has 0 spiro atoms. The molecule has 0 saturated carbocycles. The van der Waals surface area contributed by atoms with Gasteiger partial charge in [0, 0.05) is 11.4 Å². The third-order valence-electron chi connectivity index (χ3n) is 3.14. The van der Waals surface area contributed by atoms with Crippen molar-refractivity contribution in [2.75, 3.05) is 0 Å². The number of benzene rings is 1. The summed E-state index contributed by atoms with van der Waals surface area (Å²) in [4.78, 5) is 21.9. The quantitative estimate of drug-likeness (QED) is 0.652. The van der Waals surface area contributed by atoms with Gasteiger partial charge in [0.05, 0.1) is 10.8 Å². The molecule has 2 N–H and O–H groups in total. The monoisotopic (exact) mass is 309 g/mol. The van der Waals surface area contributed by atoms with E-state index in [-0.39, 0.29) is 17.8 Å². The second kappa shape index (κ2) is 5.92. The van der Waals surface area contributed by atoms with Gasteiger partial charge in [-0.05, 0) is 24.6 Å². The second-order valence-electron chi connectivity index (χ2n) is 4.55. The van der Waals surface area contributed by atoms with Crippen LogP contribution in [0.15, 0.2) is 24.3 Å². The van der Waals surface area contributed by atoms with E-state index in [1.807, 2.05) is 0 Å². The molecule has 1 aromatic carbocycles. The fourth-order valence-corrected chi connectivity index (χ4v) is 2.22. The average molecular weight is 310 g/mol. The van der Waals surface area contributed by atoms with Gasteiger partial charge < -0.3 is 5.11 Å². The number of carboxylic acids is 1. The third kappa shape index (κ3) is 3.19. The van der Waals surface area contributed by atoms with E-state index in [0.29, 0.717) is 16.3 Å². The smallest absolute Gasteiger partial charge is 0.312 e. The van der Waals surface area contributed by atoms with Crippen LogP contribution < -0.4 is 0 Å². The normalized spacial score (nSPS) is 12.1. The Bertz CT molecular complexity index is 681. The van der Waals surface area contributed by atoms with Crippen LogP contribution in [-0.2, 0) is 11.2 Å². The summed E-state index contributed by atoms with van der Waals surface area (Å²) in [7, 11) is 0. The number of nitrogens with zero attached hydrogens (tertiary/aromatic N) is 2. The number of nitrogens with one attached hydrogen (secondary N) is 1. The van der Waals surface area contributed by atoms with Crippen LogP contribution in [0.5, 0.6) is 0 Å². The van der Waals surface area contributed by atoms with E-state index < -0.39 is 16.8 Å². The third-order valence-corrected chi connectivity index (χ3v) is 3.39. The number of aromatic nitrogens is 2. The number of aryl methyl sites for hydroxylation is 1. The summed E-state index contributed by atoms with van der Waals surface area (Å²) in [5.74, 6) is -2.00. The highest BCUT2D eigenvalue weighted by Gasteiger charge is 2.28. The first-order chi connectivity index (χ1) is 9.90. The van der Waals surface area contributed by atoms with Crippen molar-refractivity contribution in [3.05, 3.63) is 56.4 Å². The zero-order valence-electron chi connectivity index (χ0n) is 11.0. The standard InChI is InChI=1S/C13H12ClN3O4/c1-7-12(17(20)21)11(16-15-7)6-10(13(18)19)8-2-4-9(14)5-3-8/h2-5,10H,6H2,1H3,(H,15,16)(H,18,19). The van der Waals surface area contributed by atoms with Gasteiger partial charge in [-0.15, -0.1) is 0 Å². The number of hydrogen-bond donors (Lipinski definition) is 2. The van der Waals surface area contributed by atoms with Crippen molar-refractivity contribution in [2.24, 2.45) is 0 Å². The Hall–Kier alpha value is -2.41. The van der Waals surface area contributed by atoms with Gasteiger partial charge in [0.15, 0.2) is 0 Å². The maximum atomic E-state index is 11.4. The second-order valence-corrected chi connectivity index (χ2v) is 4.98. The highest BCUT2D eigenvalue weighted by molar-refractivity contribution is 6.30. The van der Waals surface area contributed by atoms with E-state index >= 15 is 0 Å². The highest BCUT2D eigenvalue weighted by atomic mass is 35.5. The lowest BCUT2D eigenvalue weighted by atomic mass is 9.94. The van der Waals surface area contributed by atoms with Crippen molar-refractivity contribution in [1.82, 2.24) is 10.2 Å². The number of aliphatic carboxylic acids is 1. The van der Waals surface area contributed by atoms with Crippen LogP contribution >= 0.6 is 11.6 Å². The molecule has 0 aliphatic carbocycles. The molecular weight excluding hydrogens is 298 g/mol. The molecule has 0 saturated heterocycles. The van der Waals surface area contributed by atoms with Gasteiger partial charge >= 0.3 is 11.7 Å². The molecule has 1 unspecified atom stereocenters. The Morgan fingerprint density at radius 1 is 1.48 bits per heavy atom. The Morgan fingerprint density at radius 2 is 2.10 bits per heavy atom. The Labute approximate surface area is 124 Å². The summed E-state index contributed by atoms with van der Waals surface area (Å²) in [5.41, 5.74) is 0.771. The molecule has 21 heavy (non-hydrogen) atoms. The summed E-state index contributed by atoms with van der Waals surface area (Å²) in [6, 6.07) is 6.34. The van der Waals surface area contributed by atoms with Crippen molar-refractivity contribution in [2.45, 2.75) is 19.3 Å². The minimum absolute atomic E-state index is 0.0718. The molecule has 1 atom stereocenters. The molecule has 0 amide bonds. The van der Waals surface area contributed by atoms with E-state index in [2.05, 4.69) is 10.2 Å². The van der Waals surface area contributed by atoms with Crippen LogP contribution in [0.3, 0.4) is 0 Å². The Kier molecular flexibility index (Phi) is 4.23. The minimum atomic E-state index is -1.08. The SMILES string of the molecule is Cc1[nH]nc(CC(C(=O)O)c2ccc(Cl)cc2)c1[N+](=O)[O-]. The molecule has 7 nitrogen and oxygen atoms in total. The van der Waals surface area contributed by atoms with Gasteiger partial charge in [0.1, 0.15) is 11.4 Å². The van der Waals surface area contributed by atoms with E-state index in [1.54, 1.807) is 24.3 Å². The summed E-state index contributed by atoms with van der Waals surface area (Å²) < 4.78 is 0. The van der Waals surface area contributed by atoms with Crippen LogP contribution in [0.4, 0.5) is 5.69 Å². The Morgan fingerprint density at radius 3 is 2.62 bits per heavy atom. The van der Waals surface area contributed by atoms with E-state index in [4.69, 9.17) is 11.6 Å². The van der Waals surface area contributed by atoms with Gasteiger partial charge in [0.25, 0.3) is 0 Å². The molecule has 0 bridgehead atoms. The zero-order valence-corrected chi connectivity index (χ0v) is 11.8. The number of halogens is 1. The summed E-state index contributed by atoms with van der Waals surface area (Å²) in [5, 5.41) is 27.2. The van der Waals surface area contributed by atoms with Gasteiger partial charge in [0.2, 0.25) is 0 Å². The lowest BCUT2D eigenvalue weighted by Crippen LogP contribution is -2.15. The molecule has 2 aromatic rings. The molecule has 110 valence electrons. The fourth-order valence-electron chi connectivity index (χ4n) is 2.09. The summed E-state index contributed by atoms with van der Waals surface area (Å²) in [6.07, 6.45) is -0.0718. The predicted molar refractivity (Wildman–Crippen MR) is 75.5 cm³/mol. The molecular formula is C13H12ClN3O4. The van der Waals surface area contributed by atoms with Crippen LogP contribution in [0, 0.1) is 17.0 Å². The molecule has 1 heterocycles.